The summed E-state index contributed by atoms with van der Waals surface area (Å²) in [4.78, 5) is 11.5. The summed E-state index contributed by atoms with van der Waals surface area (Å²) in [6, 6.07) is 2.08. The van der Waals surface area contributed by atoms with E-state index in [9.17, 15) is 4.79 Å². The van der Waals surface area contributed by atoms with Crippen LogP contribution in [-0.2, 0) is 4.79 Å². The molecule has 3 N–H and O–H groups in total. The Kier molecular flexibility index (Phi) is 4.01. The topological polar surface area (TPSA) is 76.9 Å². The summed E-state index contributed by atoms with van der Waals surface area (Å²) >= 11 is 0. The van der Waals surface area contributed by atoms with E-state index in [1.165, 1.54) is 0 Å². The molecule has 1 fully saturated rings. The van der Waals surface area contributed by atoms with E-state index >= 15 is 0 Å². The van der Waals surface area contributed by atoms with Gasteiger partial charge < -0.3 is 0 Å². The number of ketones is 1. The molecule has 0 aromatic heterocycles. The normalized spacial score (nSPS) is 26.4. The highest BCUT2D eigenvalue weighted by atomic mass is 16.1. The molecule has 5 heteroatoms. The molecule has 0 amide bonds. The second-order valence-corrected chi connectivity index (χ2v) is 3.32. The molecule has 0 aromatic carbocycles. The number of carbonyl (C=O) groups excluding carboxylic acids is 1. The smallest absolute Gasteiger partial charge is 0.168 e. The number of carbonyl (C=O) groups is 1. The fraction of sp³-hybridized carbons (Fsp3) is 0.778. The lowest BCUT2D eigenvalue weighted by molar-refractivity contribution is -0.120. The predicted molar refractivity (Wildman–Crippen MR) is 52.3 cm³/mol. The van der Waals surface area contributed by atoms with Gasteiger partial charge in [0.05, 0.1) is 6.07 Å². The molecule has 5 nitrogen and oxygen atoms in total. The zero-order valence-electron chi connectivity index (χ0n) is 8.39. The van der Waals surface area contributed by atoms with E-state index in [0.717, 1.165) is 6.54 Å². The molecule has 1 saturated heterocycles. The Balaban J connectivity index is 2.39. The Bertz CT molecular complexity index is 248. The van der Waals surface area contributed by atoms with Crippen LogP contribution in [0.5, 0.6) is 0 Å². The fourth-order valence-corrected chi connectivity index (χ4v) is 1.55. The van der Waals surface area contributed by atoms with Crippen molar-refractivity contribution in [1.82, 2.24) is 16.2 Å². The average molecular weight is 196 g/mol. The minimum absolute atomic E-state index is 0.0123. The van der Waals surface area contributed by atoms with Crippen molar-refractivity contribution >= 4 is 5.78 Å². The fourth-order valence-electron chi connectivity index (χ4n) is 1.55. The Morgan fingerprint density at radius 1 is 1.64 bits per heavy atom. The molecule has 1 aliphatic rings. The van der Waals surface area contributed by atoms with Gasteiger partial charge >= 0.3 is 0 Å². The van der Waals surface area contributed by atoms with Gasteiger partial charge in [-0.25, -0.2) is 0 Å². The van der Waals surface area contributed by atoms with Gasteiger partial charge in [-0.3, -0.25) is 21.0 Å². The van der Waals surface area contributed by atoms with Crippen LogP contribution in [0, 0.1) is 11.3 Å². The van der Waals surface area contributed by atoms with Crippen molar-refractivity contribution in [2.24, 2.45) is 0 Å². The summed E-state index contributed by atoms with van der Waals surface area (Å²) < 4.78 is 0. The largest absolute Gasteiger partial charge is 0.296 e. The number of nitriles is 1. The second kappa shape index (κ2) is 5.05. The van der Waals surface area contributed by atoms with Crippen LogP contribution in [0.4, 0.5) is 0 Å². The van der Waals surface area contributed by atoms with Crippen LogP contribution in [0.1, 0.15) is 19.8 Å². The van der Waals surface area contributed by atoms with Crippen LogP contribution in [0.2, 0.25) is 0 Å². The third-order valence-electron chi connectivity index (χ3n) is 2.37. The Morgan fingerprint density at radius 3 is 2.93 bits per heavy atom. The zero-order valence-corrected chi connectivity index (χ0v) is 8.39. The quantitative estimate of drug-likeness (QED) is 0.401. The van der Waals surface area contributed by atoms with Gasteiger partial charge in [0.15, 0.2) is 11.3 Å². The number of hydrogen-bond donors (Lipinski definition) is 3. The van der Waals surface area contributed by atoms with Crippen molar-refractivity contribution in [3.05, 3.63) is 0 Å². The van der Waals surface area contributed by atoms with Crippen molar-refractivity contribution in [2.45, 2.75) is 25.3 Å². The summed E-state index contributed by atoms with van der Waals surface area (Å²) in [5.74, 6) is 0.0123. The number of nitrogens with zero attached hydrogens (tertiary/aromatic N) is 1. The average Bonchev–Trinajstić information content (AvgIpc) is 2.56. The first-order valence-electron chi connectivity index (χ1n) is 4.90. The lowest BCUT2D eigenvalue weighted by atomic mass is 9.94. The standard InChI is InChI=1S/C9H16N4O/c1-2-12-13-6-4-9(7-10)8(14)3-5-11-9/h11-13H,2-6H2,1H3. The minimum Gasteiger partial charge on any atom is -0.296 e. The van der Waals surface area contributed by atoms with Crippen LogP contribution in [0.15, 0.2) is 0 Å². The molecule has 1 aliphatic heterocycles. The van der Waals surface area contributed by atoms with Crippen molar-refractivity contribution < 1.29 is 4.79 Å². The van der Waals surface area contributed by atoms with Gasteiger partial charge in [0.2, 0.25) is 0 Å². The van der Waals surface area contributed by atoms with E-state index in [2.05, 4.69) is 22.2 Å². The first-order valence-corrected chi connectivity index (χ1v) is 4.90. The highest BCUT2D eigenvalue weighted by Crippen LogP contribution is 2.17. The Labute approximate surface area is 83.8 Å². The van der Waals surface area contributed by atoms with Gasteiger partial charge in [0.1, 0.15) is 0 Å². The minimum atomic E-state index is -0.942. The number of hydrazine groups is 1. The number of nitrogens with one attached hydrogen (secondary N) is 3. The molecule has 1 unspecified atom stereocenters. The molecule has 0 aromatic rings. The molecule has 0 saturated carbocycles. The van der Waals surface area contributed by atoms with Crippen LogP contribution in [0.25, 0.3) is 0 Å². The molecule has 14 heavy (non-hydrogen) atoms. The third-order valence-corrected chi connectivity index (χ3v) is 2.37. The molecular weight excluding hydrogens is 180 g/mol. The Morgan fingerprint density at radius 2 is 2.43 bits per heavy atom. The van der Waals surface area contributed by atoms with Gasteiger partial charge in [-0.1, -0.05) is 6.92 Å². The summed E-state index contributed by atoms with van der Waals surface area (Å²) in [5, 5.41) is 11.9. The second-order valence-electron chi connectivity index (χ2n) is 3.32. The summed E-state index contributed by atoms with van der Waals surface area (Å²) in [5.41, 5.74) is 4.94. The van der Waals surface area contributed by atoms with Gasteiger partial charge in [0, 0.05) is 32.5 Å². The molecule has 0 bridgehead atoms. The maximum absolute atomic E-state index is 11.5. The maximum atomic E-state index is 11.5. The van der Waals surface area contributed by atoms with Crippen LogP contribution in [0.3, 0.4) is 0 Å². The zero-order chi connectivity index (χ0) is 10.4. The van der Waals surface area contributed by atoms with Gasteiger partial charge in [0.25, 0.3) is 0 Å². The van der Waals surface area contributed by atoms with Gasteiger partial charge in [-0.2, -0.15) is 5.26 Å². The van der Waals surface area contributed by atoms with E-state index < -0.39 is 5.54 Å². The van der Waals surface area contributed by atoms with E-state index in [4.69, 9.17) is 5.26 Å². The number of Topliss-reactive ketones (excluding diaryl/α,β-unsaturated/α-hetero) is 1. The van der Waals surface area contributed by atoms with Crippen molar-refractivity contribution in [3.63, 3.8) is 0 Å². The SMILES string of the molecule is CCNNCCC1(C#N)NCCC1=O. The van der Waals surface area contributed by atoms with E-state index in [1.54, 1.807) is 0 Å². The van der Waals surface area contributed by atoms with Gasteiger partial charge in [-0.15, -0.1) is 0 Å². The molecule has 0 spiro atoms. The van der Waals surface area contributed by atoms with Crippen molar-refractivity contribution in [3.8, 4) is 6.07 Å². The summed E-state index contributed by atoms with van der Waals surface area (Å²) in [7, 11) is 0. The van der Waals surface area contributed by atoms with E-state index in [-0.39, 0.29) is 5.78 Å². The number of hydrogen-bond acceptors (Lipinski definition) is 5. The predicted octanol–water partition coefficient (Wildman–Crippen LogP) is -0.685. The molecule has 1 rings (SSSR count). The molecule has 0 aliphatic carbocycles. The van der Waals surface area contributed by atoms with Gasteiger partial charge in [-0.05, 0) is 0 Å². The molecule has 0 radical (unpaired) electrons. The highest BCUT2D eigenvalue weighted by molar-refractivity contribution is 5.93. The lowest BCUT2D eigenvalue weighted by Gasteiger charge is -2.19. The molecule has 1 atom stereocenters. The monoisotopic (exact) mass is 196 g/mol. The molecule has 1 heterocycles. The first kappa shape index (κ1) is 11.1. The van der Waals surface area contributed by atoms with Crippen molar-refractivity contribution in [2.75, 3.05) is 19.6 Å². The molecular formula is C9H16N4O. The van der Waals surface area contributed by atoms with Crippen molar-refractivity contribution in [1.29, 1.82) is 5.26 Å². The summed E-state index contributed by atoms with van der Waals surface area (Å²) in [6.07, 6.45) is 0.976. The summed E-state index contributed by atoms with van der Waals surface area (Å²) in [6.45, 7) is 4.03. The van der Waals surface area contributed by atoms with Crippen LogP contribution < -0.4 is 16.2 Å². The highest BCUT2D eigenvalue weighted by Gasteiger charge is 2.41. The third kappa shape index (κ3) is 2.29. The number of rotatable bonds is 5. The van der Waals surface area contributed by atoms with E-state index in [1.807, 2.05) is 6.92 Å². The van der Waals surface area contributed by atoms with Crippen LogP contribution in [-0.4, -0.2) is 31.0 Å². The maximum Gasteiger partial charge on any atom is 0.168 e. The van der Waals surface area contributed by atoms with E-state index in [0.29, 0.717) is 25.9 Å². The first-order chi connectivity index (χ1) is 6.75. The van der Waals surface area contributed by atoms with Crippen LogP contribution >= 0.6 is 0 Å². The lowest BCUT2D eigenvalue weighted by Crippen LogP contribution is -2.47. The molecule has 78 valence electrons. The Hall–Kier alpha value is -0.960.